The second-order valence-corrected chi connectivity index (χ2v) is 6.13. The summed E-state index contributed by atoms with van der Waals surface area (Å²) in [6.45, 7) is 9.37. The van der Waals surface area contributed by atoms with E-state index in [1.54, 1.807) is 0 Å². The summed E-state index contributed by atoms with van der Waals surface area (Å²) < 4.78 is 0. The smallest absolute Gasteiger partial charge is 0.0584 e. The number of nitrogens with one attached hydrogen (secondary N) is 1. The number of piperidine rings is 1. The van der Waals surface area contributed by atoms with E-state index in [1.807, 2.05) is 0 Å². The first-order chi connectivity index (χ1) is 8.02. The van der Waals surface area contributed by atoms with Gasteiger partial charge in [0.1, 0.15) is 0 Å². The van der Waals surface area contributed by atoms with Gasteiger partial charge in [0.15, 0.2) is 0 Å². The lowest BCUT2D eigenvalue weighted by Gasteiger charge is -2.35. The standard InChI is InChI=1S/C14H30N2O/c1-11(2)8-14(10-17)15-12(3)13-6-5-7-16(4)9-13/h11-15,17H,5-10H2,1-4H3. The van der Waals surface area contributed by atoms with Crippen molar-refractivity contribution in [1.82, 2.24) is 10.2 Å². The second-order valence-electron chi connectivity index (χ2n) is 6.13. The zero-order valence-electron chi connectivity index (χ0n) is 11.9. The van der Waals surface area contributed by atoms with Gasteiger partial charge in [-0.15, -0.1) is 0 Å². The van der Waals surface area contributed by atoms with Crippen molar-refractivity contribution >= 4 is 0 Å². The van der Waals surface area contributed by atoms with Crippen LogP contribution in [0.25, 0.3) is 0 Å². The predicted octanol–water partition coefficient (Wildman–Crippen LogP) is 1.71. The Morgan fingerprint density at radius 2 is 2.06 bits per heavy atom. The molecule has 0 radical (unpaired) electrons. The van der Waals surface area contributed by atoms with Crippen molar-refractivity contribution in [2.75, 3.05) is 26.7 Å². The Morgan fingerprint density at radius 1 is 1.35 bits per heavy atom. The number of aliphatic hydroxyl groups is 1. The summed E-state index contributed by atoms with van der Waals surface area (Å²) in [6, 6.07) is 0.769. The Hall–Kier alpha value is -0.120. The van der Waals surface area contributed by atoms with E-state index in [-0.39, 0.29) is 12.6 Å². The van der Waals surface area contributed by atoms with Crippen LogP contribution in [0.2, 0.25) is 0 Å². The third-order valence-corrected chi connectivity index (χ3v) is 3.84. The molecule has 1 heterocycles. The van der Waals surface area contributed by atoms with Crippen molar-refractivity contribution in [3.63, 3.8) is 0 Å². The molecule has 102 valence electrons. The number of nitrogens with zero attached hydrogens (tertiary/aromatic N) is 1. The van der Waals surface area contributed by atoms with Gasteiger partial charge in [-0.05, 0) is 51.6 Å². The summed E-state index contributed by atoms with van der Waals surface area (Å²) in [5.41, 5.74) is 0. The molecule has 0 aliphatic carbocycles. The van der Waals surface area contributed by atoms with Crippen molar-refractivity contribution < 1.29 is 5.11 Å². The van der Waals surface area contributed by atoms with Gasteiger partial charge in [-0.2, -0.15) is 0 Å². The van der Waals surface area contributed by atoms with Crippen molar-refractivity contribution in [2.24, 2.45) is 11.8 Å². The van der Waals surface area contributed by atoms with Crippen LogP contribution in [0.15, 0.2) is 0 Å². The number of hydrogen-bond acceptors (Lipinski definition) is 3. The molecule has 1 rings (SSSR count). The Morgan fingerprint density at radius 3 is 2.59 bits per heavy atom. The van der Waals surface area contributed by atoms with Crippen LogP contribution in [0.1, 0.15) is 40.0 Å². The van der Waals surface area contributed by atoms with E-state index in [9.17, 15) is 5.11 Å². The minimum absolute atomic E-state index is 0.255. The maximum atomic E-state index is 9.40. The van der Waals surface area contributed by atoms with Crippen molar-refractivity contribution in [3.05, 3.63) is 0 Å². The molecule has 3 heteroatoms. The molecule has 1 aliphatic rings. The molecule has 3 nitrogen and oxygen atoms in total. The molecule has 17 heavy (non-hydrogen) atoms. The molecule has 2 N–H and O–H groups in total. The van der Waals surface area contributed by atoms with Gasteiger partial charge in [0.05, 0.1) is 6.61 Å². The van der Waals surface area contributed by atoms with Crippen LogP contribution in [-0.4, -0.2) is 48.8 Å². The second kappa shape index (κ2) is 7.34. The van der Waals surface area contributed by atoms with E-state index in [1.165, 1.54) is 25.9 Å². The zero-order chi connectivity index (χ0) is 12.8. The Labute approximate surface area is 107 Å². The van der Waals surface area contributed by atoms with Crippen molar-refractivity contribution in [3.8, 4) is 0 Å². The third-order valence-electron chi connectivity index (χ3n) is 3.84. The van der Waals surface area contributed by atoms with E-state index in [0.717, 1.165) is 12.3 Å². The summed E-state index contributed by atoms with van der Waals surface area (Å²) in [5, 5.41) is 13.0. The first kappa shape index (κ1) is 14.9. The molecule has 1 fully saturated rings. The molecule has 1 aliphatic heterocycles. The fourth-order valence-electron chi connectivity index (χ4n) is 2.89. The van der Waals surface area contributed by atoms with E-state index >= 15 is 0 Å². The average Bonchev–Trinajstić information content (AvgIpc) is 2.27. The maximum Gasteiger partial charge on any atom is 0.0584 e. The third kappa shape index (κ3) is 5.36. The molecular weight excluding hydrogens is 212 g/mol. The lowest BCUT2D eigenvalue weighted by molar-refractivity contribution is 0.152. The van der Waals surface area contributed by atoms with Crippen LogP contribution in [0, 0.1) is 11.8 Å². The quantitative estimate of drug-likeness (QED) is 0.744. The maximum absolute atomic E-state index is 9.40. The van der Waals surface area contributed by atoms with E-state index in [2.05, 4.69) is 38.0 Å². The molecule has 0 saturated carbocycles. The summed E-state index contributed by atoms with van der Waals surface area (Å²) in [6.07, 6.45) is 3.68. The van der Waals surface area contributed by atoms with Gasteiger partial charge in [0, 0.05) is 18.6 Å². The van der Waals surface area contributed by atoms with Crippen LogP contribution in [0.4, 0.5) is 0 Å². The molecule has 3 atom stereocenters. The van der Waals surface area contributed by atoms with Crippen molar-refractivity contribution in [1.29, 1.82) is 0 Å². The van der Waals surface area contributed by atoms with Crippen LogP contribution < -0.4 is 5.32 Å². The Bertz CT molecular complexity index is 208. The molecule has 0 spiro atoms. The molecule has 0 amide bonds. The highest BCUT2D eigenvalue weighted by molar-refractivity contribution is 4.82. The summed E-state index contributed by atoms with van der Waals surface area (Å²) in [5.74, 6) is 1.37. The molecular formula is C14H30N2O. The summed E-state index contributed by atoms with van der Waals surface area (Å²) in [7, 11) is 2.20. The highest BCUT2D eigenvalue weighted by Crippen LogP contribution is 2.19. The molecule has 0 bridgehead atoms. The first-order valence-electron chi connectivity index (χ1n) is 7.08. The summed E-state index contributed by atoms with van der Waals surface area (Å²) >= 11 is 0. The first-order valence-corrected chi connectivity index (χ1v) is 7.08. The van der Waals surface area contributed by atoms with Crippen LogP contribution in [0.5, 0.6) is 0 Å². The van der Waals surface area contributed by atoms with E-state index in [0.29, 0.717) is 12.0 Å². The minimum Gasteiger partial charge on any atom is -0.395 e. The van der Waals surface area contributed by atoms with Gasteiger partial charge in [0.25, 0.3) is 0 Å². The summed E-state index contributed by atoms with van der Waals surface area (Å²) in [4.78, 5) is 2.42. The number of likely N-dealkylation sites (tertiary alicyclic amines) is 1. The zero-order valence-corrected chi connectivity index (χ0v) is 11.9. The number of rotatable bonds is 6. The fraction of sp³-hybridized carbons (Fsp3) is 1.00. The monoisotopic (exact) mass is 242 g/mol. The van der Waals surface area contributed by atoms with Gasteiger partial charge in [-0.3, -0.25) is 0 Å². The Balaban J connectivity index is 2.37. The van der Waals surface area contributed by atoms with E-state index in [4.69, 9.17) is 0 Å². The molecule has 3 unspecified atom stereocenters. The highest BCUT2D eigenvalue weighted by Gasteiger charge is 2.24. The van der Waals surface area contributed by atoms with Gasteiger partial charge >= 0.3 is 0 Å². The normalized spacial score (nSPS) is 26.1. The predicted molar refractivity (Wildman–Crippen MR) is 73.1 cm³/mol. The molecule has 0 aromatic carbocycles. The minimum atomic E-state index is 0.255. The van der Waals surface area contributed by atoms with Crippen LogP contribution in [-0.2, 0) is 0 Å². The van der Waals surface area contributed by atoms with E-state index < -0.39 is 0 Å². The van der Waals surface area contributed by atoms with Gasteiger partial charge in [-0.25, -0.2) is 0 Å². The molecule has 0 aromatic rings. The van der Waals surface area contributed by atoms with Gasteiger partial charge < -0.3 is 15.3 Å². The number of hydrogen-bond donors (Lipinski definition) is 2. The van der Waals surface area contributed by atoms with Crippen LogP contribution >= 0.6 is 0 Å². The SMILES string of the molecule is CC(C)CC(CO)NC(C)C1CCCN(C)C1. The van der Waals surface area contributed by atoms with Crippen molar-refractivity contribution in [2.45, 2.75) is 52.1 Å². The average molecular weight is 242 g/mol. The lowest BCUT2D eigenvalue weighted by Crippen LogP contribution is -2.48. The Kier molecular flexibility index (Phi) is 6.45. The highest BCUT2D eigenvalue weighted by atomic mass is 16.3. The number of aliphatic hydroxyl groups excluding tert-OH is 1. The largest absolute Gasteiger partial charge is 0.395 e. The molecule has 0 aromatic heterocycles. The fourth-order valence-corrected chi connectivity index (χ4v) is 2.89. The van der Waals surface area contributed by atoms with Gasteiger partial charge in [0.2, 0.25) is 0 Å². The van der Waals surface area contributed by atoms with Gasteiger partial charge in [-0.1, -0.05) is 13.8 Å². The topological polar surface area (TPSA) is 35.5 Å². The molecule has 1 saturated heterocycles. The van der Waals surface area contributed by atoms with Crippen LogP contribution in [0.3, 0.4) is 0 Å². The lowest BCUT2D eigenvalue weighted by atomic mass is 9.91.